The van der Waals surface area contributed by atoms with Crippen LogP contribution >= 0.6 is 0 Å². The Morgan fingerprint density at radius 1 is 1.64 bits per heavy atom. The monoisotopic (exact) mass is 165 g/mol. The number of rotatable bonds is 4. The van der Waals surface area contributed by atoms with Crippen molar-refractivity contribution in [1.29, 1.82) is 0 Å². The van der Waals surface area contributed by atoms with E-state index in [1.54, 1.807) is 0 Å². The highest BCUT2D eigenvalue weighted by molar-refractivity contribution is 5.75. The Morgan fingerprint density at radius 2 is 2.18 bits per heavy atom. The Kier molecular flexibility index (Phi) is 1.68. The van der Waals surface area contributed by atoms with Crippen molar-refractivity contribution in [2.45, 2.75) is 19.3 Å². The van der Waals surface area contributed by atoms with Gasteiger partial charge in [0.1, 0.15) is 6.04 Å². The van der Waals surface area contributed by atoms with Crippen molar-refractivity contribution in [2.24, 2.45) is 11.7 Å². The minimum Gasteiger partial charge on any atom is -0.481 e. The maximum Gasteiger partial charge on any atom is 0.320 e. The maximum atomic E-state index is 10.6. The molecule has 0 rings (SSSR count). The molecule has 0 aromatic rings. The van der Waals surface area contributed by atoms with Crippen LogP contribution < -0.4 is 5.73 Å². The van der Waals surface area contributed by atoms with Gasteiger partial charge in [-0.1, -0.05) is 6.85 Å². The molecule has 0 fully saturated rings. The number of hydrogen-bond donors (Lipinski definition) is 3. The van der Waals surface area contributed by atoms with Crippen LogP contribution in [0.3, 0.4) is 0 Å². The average molecular weight is 165 g/mol. The lowest BCUT2D eigenvalue weighted by molar-refractivity contribution is -0.143. The minimum absolute atomic E-state index is 1.61. The second-order valence-corrected chi connectivity index (χ2v) is 1.87. The largest absolute Gasteiger partial charge is 0.481 e. The van der Waals surface area contributed by atoms with Gasteiger partial charge < -0.3 is 15.9 Å². The molecule has 0 aliphatic heterocycles. The molecule has 0 radical (unpaired) electrons. The molecule has 0 saturated heterocycles. The predicted octanol–water partition coefficient (Wildman–Crippen LogP) is -0.491. The second-order valence-electron chi connectivity index (χ2n) is 1.87. The molecule has 4 N–H and O–H groups in total. The smallest absolute Gasteiger partial charge is 0.320 e. The van der Waals surface area contributed by atoms with E-state index in [0.717, 1.165) is 0 Å². The Hall–Kier alpha value is -1.10. The third kappa shape index (κ3) is 3.57. The number of carboxylic acids is 2. The van der Waals surface area contributed by atoms with E-state index < -0.39 is 37.1 Å². The van der Waals surface area contributed by atoms with Gasteiger partial charge >= 0.3 is 11.9 Å². The van der Waals surface area contributed by atoms with Crippen molar-refractivity contribution in [2.75, 3.05) is 0 Å². The van der Waals surface area contributed by atoms with E-state index in [0.29, 0.717) is 0 Å². The van der Waals surface area contributed by atoms with Gasteiger partial charge in [-0.25, -0.2) is 0 Å². The number of carboxylic acid groups (broad SMARTS) is 2. The molecular weight excluding hydrogens is 150 g/mol. The van der Waals surface area contributed by atoms with Crippen LogP contribution in [0.2, 0.25) is 0 Å². The lowest BCUT2D eigenvalue weighted by Crippen LogP contribution is -2.33. The molecule has 0 bridgehead atoms. The molecule has 5 nitrogen and oxygen atoms in total. The van der Waals surface area contributed by atoms with E-state index in [1.165, 1.54) is 0 Å². The van der Waals surface area contributed by atoms with E-state index in [2.05, 4.69) is 0 Å². The fourth-order valence-corrected chi connectivity index (χ4v) is 0.372. The summed E-state index contributed by atoms with van der Waals surface area (Å²) >= 11 is 0. The highest BCUT2D eigenvalue weighted by Gasteiger charge is 2.19. The van der Waals surface area contributed by atoms with Crippen LogP contribution in [-0.2, 0) is 9.59 Å². The lowest BCUT2D eigenvalue weighted by atomic mass is 10.0. The number of aliphatic carboxylic acids is 2. The normalized spacial score (nSPS) is 24.8. The van der Waals surface area contributed by atoms with Crippen LogP contribution in [0.25, 0.3) is 0 Å². The lowest BCUT2D eigenvalue weighted by Gasteiger charge is -2.08. The first-order valence-corrected chi connectivity index (χ1v) is 2.72. The van der Waals surface area contributed by atoms with Crippen LogP contribution in [0, 0.1) is 5.92 Å². The van der Waals surface area contributed by atoms with Gasteiger partial charge in [0.25, 0.3) is 0 Å². The average Bonchev–Trinajstić information content (AvgIpc) is 1.98. The van der Waals surface area contributed by atoms with Crippen LogP contribution in [-0.4, -0.2) is 28.2 Å². The molecular formula is C6H11NO4. The van der Waals surface area contributed by atoms with Gasteiger partial charge in [0, 0.05) is 5.48 Å². The first kappa shape index (κ1) is 4.71. The van der Waals surface area contributed by atoms with Gasteiger partial charge in [0.15, 0.2) is 0 Å². The minimum atomic E-state index is -2.95. The second kappa shape index (κ2) is 3.92. The summed E-state index contributed by atoms with van der Waals surface area (Å²) in [4.78, 5) is 21.0. The summed E-state index contributed by atoms with van der Waals surface area (Å²) in [5.41, 5.74) is 5.00. The van der Waals surface area contributed by atoms with Crippen molar-refractivity contribution in [3.8, 4) is 0 Å². The van der Waals surface area contributed by atoms with Crippen molar-refractivity contribution in [1.82, 2.24) is 0 Å². The van der Waals surface area contributed by atoms with E-state index in [-0.39, 0.29) is 0 Å². The van der Waals surface area contributed by atoms with Crippen LogP contribution in [0.5, 0.6) is 0 Å². The molecule has 3 atom stereocenters. The summed E-state index contributed by atoms with van der Waals surface area (Å²) in [7, 11) is 0. The fraction of sp³-hybridized carbons (Fsp3) is 0.667. The van der Waals surface area contributed by atoms with Crippen molar-refractivity contribution in [3.63, 3.8) is 0 Å². The van der Waals surface area contributed by atoms with Crippen LogP contribution in [0.15, 0.2) is 0 Å². The van der Waals surface area contributed by atoms with Crippen molar-refractivity contribution in [3.05, 3.63) is 0 Å². The van der Waals surface area contributed by atoms with Crippen LogP contribution in [0.4, 0.5) is 0 Å². The van der Waals surface area contributed by atoms with Crippen molar-refractivity contribution >= 4 is 11.9 Å². The van der Waals surface area contributed by atoms with E-state index >= 15 is 0 Å². The van der Waals surface area contributed by atoms with E-state index in [1.807, 2.05) is 0 Å². The molecule has 0 aliphatic carbocycles. The Balaban J connectivity index is 4.95. The molecule has 11 heavy (non-hydrogen) atoms. The molecule has 0 aromatic carbocycles. The Morgan fingerprint density at radius 3 is 2.45 bits per heavy atom. The summed E-state index contributed by atoms with van der Waals surface area (Å²) in [6, 6.07) is -1.84. The van der Waals surface area contributed by atoms with Gasteiger partial charge in [-0.15, -0.1) is 0 Å². The number of nitrogens with two attached hydrogens (primary N) is 1. The zero-order chi connectivity index (χ0) is 12.4. The molecule has 0 aromatic heterocycles. The summed E-state index contributed by atoms with van der Waals surface area (Å²) in [5.74, 6) is -5.47. The number of hydrogen-bond acceptors (Lipinski definition) is 3. The topological polar surface area (TPSA) is 101 Å². The Labute approximate surface area is 69.4 Å². The van der Waals surface area contributed by atoms with E-state index in [9.17, 15) is 9.59 Å². The predicted molar refractivity (Wildman–Crippen MR) is 37.0 cm³/mol. The van der Waals surface area contributed by atoms with Gasteiger partial charge in [-0.05, 0) is 6.40 Å². The summed E-state index contributed by atoms with van der Waals surface area (Å²) in [5, 5.41) is 17.0. The van der Waals surface area contributed by atoms with Gasteiger partial charge in [0.2, 0.25) is 0 Å². The zero-order valence-corrected chi connectivity index (χ0v) is 5.52. The fourth-order valence-electron chi connectivity index (χ4n) is 0.372. The highest BCUT2D eigenvalue weighted by atomic mass is 16.4. The first-order chi connectivity index (χ1) is 6.59. The molecule has 0 aliphatic rings. The van der Waals surface area contributed by atoms with Gasteiger partial charge in [-0.3, -0.25) is 9.59 Å². The maximum absolute atomic E-state index is 10.6. The molecule has 0 spiro atoms. The third-order valence-corrected chi connectivity index (χ3v) is 0.951. The zero-order valence-electron chi connectivity index (χ0n) is 9.52. The molecule has 64 valence electrons. The Bertz CT molecular complexity index is 266. The molecule has 0 saturated carbocycles. The van der Waals surface area contributed by atoms with Crippen molar-refractivity contribution < 1.29 is 25.3 Å². The quantitative estimate of drug-likeness (QED) is 0.521. The standard InChI is InChI=1S/C6H11NO4/c1-3(5(8)9)2-4(7)6(10)11/h3-4H,2,7H2,1H3,(H,8,9)(H,10,11)/t3-,4-/m0/s1/i1+0D3,2D/t2?,3-,4-. The molecule has 1 unspecified atom stereocenters. The third-order valence-electron chi connectivity index (χ3n) is 0.951. The summed E-state index contributed by atoms with van der Waals surface area (Å²) < 4.78 is 27.8. The van der Waals surface area contributed by atoms with Crippen LogP contribution in [0.1, 0.15) is 18.7 Å². The summed E-state index contributed by atoms with van der Waals surface area (Å²) in [6.07, 6.45) is -1.92. The van der Waals surface area contributed by atoms with Gasteiger partial charge in [-0.2, -0.15) is 0 Å². The highest BCUT2D eigenvalue weighted by Crippen LogP contribution is 2.04. The molecule has 5 heteroatoms. The first-order valence-electron chi connectivity index (χ1n) is 4.80. The summed E-state index contributed by atoms with van der Waals surface area (Å²) in [6.45, 7) is -2.95. The van der Waals surface area contributed by atoms with Gasteiger partial charge in [0.05, 0.1) is 5.92 Å². The van der Waals surface area contributed by atoms with E-state index in [4.69, 9.17) is 21.4 Å². The molecule has 0 amide bonds. The number of carbonyl (C=O) groups is 2. The molecule has 0 heterocycles. The SMILES string of the molecule is [2H]C([C@H](N)C(=O)O)[C@@H](C(=O)O)[12C]([2H])([2H])[2H].